The predicted octanol–water partition coefficient (Wildman–Crippen LogP) is 3.60. The quantitative estimate of drug-likeness (QED) is 0.808. The highest BCUT2D eigenvalue weighted by molar-refractivity contribution is 5.90. The van der Waals surface area contributed by atoms with Gasteiger partial charge in [0.05, 0.1) is 12.6 Å². The molecule has 0 saturated carbocycles. The highest BCUT2D eigenvalue weighted by atomic mass is 16.5. The predicted molar refractivity (Wildman–Crippen MR) is 68.4 cm³/mol. The second kappa shape index (κ2) is 5.04. The Balaban J connectivity index is 2.52. The standard InChI is InChI=1S/C14H17NO2/c1-3-4-8-12-10-11-7-5-6-9-13(11)15(12)14(16)17-2/h5-7,9-10H,3-4,8H2,1-2H3. The molecular weight excluding hydrogens is 214 g/mol. The number of methoxy groups -OCH3 is 1. The molecule has 3 heteroatoms. The zero-order chi connectivity index (χ0) is 12.3. The second-order valence-electron chi connectivity index (χ2n) is 4.10. The SMILES string of the molecule is CCCCc1cc2ccccc2n1C(=O)OC. The van der Waals surface area contributed by atoms with Crippen molar-refractivity contribution in [2.45, 2.75) is 26.2 Å². The molecule has 0 spiro atoms. The van der Waals surface area contributed by atoms with E-state index < -0.39 is 0 Å². The molecule has 2 aromatic rings. The smallest absolute Gasteiger partial charge is 0.418 e. The molecule has 0 N–H and O–H groups in total. The molecule has 90 valence electrons. The van der Waals surface area contributed by atoms with E-state index in [-0.39, 0.29) is 6.09 Å². The van der Waals surface area contributed by atoms with Crippen molar-refractivity contribution in [1.82, 2.24) is 4.57 Å². The minimum atomic E-state index is -0.308. The highest BCUT2D eigenvalue weighted by Gasteiger charge is 2.14. The van der Waals surface area contributed by atoms with Crippen molar-refractivity contribution in [3.8, 4) is 0 Å². The van der Waals surface area contributed by atoms with Crippen molar-refractivity contribution in [2.24, 2.45) is 0 Å². The molecule has 1 aromatic carbocycles. The lowest BCUT2D eigenvalue weighted by atomic mass is 10.2. The molecule has 0 unspecified atom stereocenters. The number of aromatic nitrogens is 1. The lowest BCUT2D eigenvalue weighted by molar-refractivity contribution is 0.173. The summed E-state index contributed by atoms with van der Waals surface area (Å²) in [5, 5.41) is 1.09. The molecule has 0 aliphatic heterocycles. The third-order valence-electron chi connectivity index (χ3n) is 2.93. The van der Waals surface area contributed by atoms with Crippen LogP contribution in [0.25, 0.3) is 10.9 Å². The third-order valence-corrected chi connectivity index (χ3v) is 2.93. The molecule has 3 nitrogen and oxygen atoms in total. The number of rotatable bonds is 3. The summed E-state index contributed by atoms with van der Waals surface area (Å²) in [5.41, 5.74) is 1.95. The first-order valence-electron chi connectivity index (χ1n) is 5.95. The van der Waals surface area contributed by atoms with E-state index in [4.69, 9.17) is 4.74 Å². The number of ether oxygens (including phenoxy) is 1. The van der Waals surface area contributed by atoms with E-state index in [2.05, 4.69) is 13.0 Å². The van der Waals surface area contributed by atoms with Crippen LogP contribution in [0.4, 0.5) is 4.79 Å². The van der Waals surface area contributed by atoms with E-state index >= 15 is 0 Å². The Kier molecular flexibility index (Phi) is 3.47. The molecule has 2 rings (SSSR count). The third kappa shape index (κ3) is 2.18. The Morgan fingerprint density at radius 2 is 2.12 bits per heavy atom. The molecule has 1 heterocycles. The van der Waals surface area contributed by atoms with Gasteiger partial charge in [0.15, 0.2) is 0 Å². The Bertz CT molecular complexity index is 528. The van der Waals surface area contributed by atoms with Crippen LogP contribution in [-0.2, 0) is 11.2 Å². The van der Waals surface area contributed by atoms with E-state index in [1.807, 2.05) is 24.3 Å². The largest absolute Gasteiger partial charge is 0.452 e. The van der Waals surface area contributed by atoms with Crippen LogP contribution in [0.1, 0.15) is 25.5 Å². The molecule has 0 saturated heterocycles. The molecular formula is C14H17NO2. The number of hydrogen-bond donors (Lipinski definition) is 0. The fourth-order valence-corrected chi connectivity index (χ4v) is 2.06. The van der Waals surface area contributed by atoms with Gasteiger partial charge in [-0.05, 0) is 25.0 Å². The summed E-state index contributed by atoms with van der Waals surface area (Å²) < 4.78 is 6.52. The van der Waals surface area contributed by atoms with Gasteiger partial charge in [0.25, 0.3) is 0 Å². The summed E-state index contributed by atoms with van der Waals surface area (Å²) in [6.45, 7) is 2.14. The molecule has 0 bridgehead atoms. The van der Waals surface area contributed by atoms with Gasteiger partial charge in [-0.3, -0.25) is 0 Å². The Labute approximate surface area is 101 Å². The number of carbonyl (C=O) groups is 1. The summed E-state index contributed by atoms with van der Waals surface area (Å²) in [7, 11) is 1.42. The minimum absolute atomic E-state index is 0.308. The maximum atomic E-state index is 11.8. The summed E-state index contributed by atoms with van der Waals surface area (Å²) in [4.78, 5) is 11.8. The second-order valence-corrected chi connectivity index (χ2v) is 4.10. The number of fused-ring (bicyclic) bond motifs is 1. The van der Waals surface area contributed by atoms with Crippen LogP contribution in [0.3, 0.4) is 0 Å². The zero-order valence-corrected chi connectivity index (χ0v) is 10.3. The van der Waals surface area contributed by atoms with E-state index in [9.17, 15) is 4.79 Å². The maximum absolute atomic E-state index is 11.8. The van der Waals surface area contributed by atoms with Crippen molar-refractivity contribution < 1.29 is 9.53 Å². The zero-order valence-electron chi connectivity index (χ0n) is 10.3. The summed E-state index contributed by atoms with van der Waals surface area (Å²) >= 11 is 0. The molecule has 0 atom stereocenters. The van der Waals surface area contributed by atoms with Gasteiger partial charge in [-0.25, -0.2) is 9.36 Å². The van der Waals surface area contributed by atoms with Crippen LogP contribution < -0.4 is 0 Å². The molecule has 0 aliphatic carbocycles. The van der Waals surface area contributed by atoms with Crippen LogP contribution in [0.15, 0.2) is 30.3 Å². The van der Waals surface area contributed by atoms with Crippen LogP contribution in [0, 0.1) is 0 Å². The van der Waals surface area contributed by atoms with Gasteiger partial charge in [-0.15, -0.1) is 0 Å². The minimum Gasteiger partial charge on any atom is -0.452 e. The van der Waals surface area contributed by atoms with Crippen LogP contribution in [-0.4, -0.2) is 17.8 Å². The van der Waals surface area contributed by atoms with Crippen molar-refractivity contribution in [2.75, 3.05) is 7.11 Å². The van der Waals surface area contributed by atoms with E-state index in [0.29, 0.717) is 0 Å². The van der Waals surface area contributed by atoms with E-state index in [1.165, 1.54) is 7.11 Å². The number of carbonyl (C=O) groups excluding carboxylic acids is 1. The Morgan fingerprint density at radius 3 is 2.82 bits per heavy atom. The molecule has 17 heavy (non-hydrogen) atoms. The lowest BCUT2D eigenvalue weighted by Gasteiger charge is -2.07. The molecule has 0 aliphatic rings. The fraction of sp³-hybridized carbons (Fsp3) is 0.357. The lowest BCUT2D eigenvalue weighted by Crippen LogP contribution is -2.14. The highest BCUT2D eigenvalue weighted by Crippen LogP contribution is 2.21. The molecule has 0 fully saturated rings. The maximum Gasteiger partial charge on any atom is 0.418 e. The van der Waals surface area contributed by atoms with Crippen molar-refractivity contribution in [1.29, 1.82) is 0 Å². The first kappa shape index (κ1) is 11.7. The van der Waals surface area contributed by atoms with Gasteiger partial charge < -0.3 is 4.74 Å². The van der Waals surface area contributed by atoms with Crippen molar-refractivity contribution in [3.05, 3.63) is 36.0 Å². The first-order chi connectivity index (χ1) is 8.27. The number of hydrogen-bond acceptors (Lipinski definition) is 2. The monoisotopic (exact) mass is 231 g/mol. The van der Waals surface area contributed by atoms with Gasteiger partial charge in [-0.1, -0.05) is 31.5 Å². The van der Waals surface area contributed by atoms with Crippen molar-refractivity contribution in [3.63, 3.8) is 0 Å². The number of para-hydroxylation sites is 1. The van der Waals surface area contributed by atoms with Gasteiger partial charge in [0, 0.05) is 11.1 Å². The first-order valence-corrected chi connectivity index (χ1v) is 5.95. The van der Waals surface area contributed by atoms with E-state index in [0.717, 1.165) is 35.9 Å². The molecule has 0 amide bonds. The van der Waals surface area contributed by atoms with Gasteiger partial charge in [0.2, 0.25) is 0 Å². The van der Waals surface area contributed by atoms with Crippen LogP contribution >= 0.6 is 0 Å². The van der Waals surface area contributed by atoms with Gasteiger partial charge >= 0.3 is 6.09 Å². The Morgan fingerprint density at radius 1 is 1.35 bits per heavy atom. The number of benzene rings is 1. The summed E-state index contributed by atoms with van der Waals surface area (Å²) in [6.07, 6.45) is 2.79. The number of nitrogens with zero attached hydrogens (tertiary/aromatic N) is 1. The molecule has 1 aromatic heterocycles. The van der Waals surface area contributed by atoms with Crippen LogP contribution in [0.2, 0.25) is 0 Å². The Hall–Kier alpha value is -1.77. The summed E-state index contributed by atoms with van der Waals surface area (Å²) in [5.74, 6) is 0. The number of unbranched alkanes of at least 4 members (excludes halogenated alkanes) is 1. The average Bonchev–Trinajstić information content (AvgIpc) is 2.73. The molecule has 0 radical (unpaired) electrons. The fourth-order valence-electron chi connectivity index (χ4n) is 2.06. The normalized spacial score (nSPS) is 10.7. The van der Waals surface area contributed by atoms with Crippen LogP contribution in [0.5, 0.6) is 0 Å². The van der Waals surface area contributed by atoms with Crippen molar-refractivity contribution >= 4 is 17.0 Å². The van der Waals surface area contributed by atoms with Gasteiger partial charge in [0.1, 0.15) is 0 Å². The topological polar surface area (TPSA) is 31.2 Å². The number of aryl methyl sites for hydroxylation is 1. The average molecular weight is 231 g/mol. The van der Waals surface area contributed by atoms with E-state index in [1.54, 1.807) is 4.57 Å². The summed E-state index contributed by atoms with van der Waals surface area (Å²) in [6, 6.07) is 9.95. The van der Waals surface area contributed by atoms with Gasteiger partial charge in [-0.2, -0.15) is 0 Å².